The first-order valence-electron chi connectivity index (χ1n) is 7.05. The molecular formula is C17H18N2O2S. The lowest BCUT2D eigenvalue weighted by atomic mass is 10.1. The van der Waals surface area contributed by atoms with Crippen molar-refractivity contribution in [2.75, 3.05) is 13.6 Å². The summed E-state index contributed by atoms with van der Waals surface area (Å²) in [6.45, 7) is 4.28. The molecule has 1 aromatic rings. The van der Waals surface area contributed by atoms with E-state index in [1.165, 1.54) is 9.80 Å². The number of rotatable bonds is 3. The summed E-state index contributed by atoms with van der Waals surface area (Å²) in [7, 11) is 1.58. The van der Waals surface area contributed by atoms with Crippen molar-refractivity contribution in [2.45, 2.75) is 13.8 Å². The van der Waals surface area contributed by atoms with Crippen molar-refractivity contribution in [1.82, 2.24) is 9.80 Å². The molecule has 5 heteroatoms. The highest BCUT2D eigenvalue weighted by molar-refractivity contribution is 7.80. The minimum atomic E-state index is -0.367. The summed E-state index contributed by atoms with van der Waals surface area (Å²) >= 11 is 5.13. The maximum atomic E-state index is 12.3. The molecule has 0 bridgehead atoms. The third-order valence-electron chi connectivity index (χ3n) is 3.57. The Morgan fingerprint density at radius 1 is 1.18 bits per heavy atom. The Labute approximate surface area is 135 Å². The number of hydrogen-bond acceptors (Lipinski definition) is 3. The summed E-state index contributed by atoms with van der Waals surface area (Å²) in [5.74, 6) is -0.709. The van der Waals surface area contributed by atoms with Gasteiger partial charge in [-0.2, -0.15) is 0 Å². The predicted molar refractivity (Wildman–Crippen MR) is 91.1 cm³/mol. The van der Waals surface area contributed by atoms with Crippen LogP contribution in [0.2, 0.25) is 0 Å². The minimum absolute atomic E-state index is 0.128. The van der Waals surface area contributed by atoms with Crippen molar-refractivity contribution in [3.8, 4) is 0 Å². The molecule has 2 amide bonds. The first-order valence-corrected chi connectivity index (χ1v) is 7.46. The Balaban J connectivity index is 2.30. The first-order chi connectivity index (χ1) is 10.5. The van der Waals surface area contributed by atoms with E-state index in [0.717, 1.165) is 11.1 Å². The fourth-order valence-electron chi connectivity index (χ4n) is 2.22. The van der Waals surface area contributed by atoms with Gasteiger partial charge in [0, 0.05) is 13.6 Å². The van der Waals surface area contributed by atoms with Crippen LogP contribution < -0.4 is 0 Å². The quantitative estimate of drug-likeness (QED) is 0.489. The van der Waals surface area contributed by atoms with Crippen LogP contribution in [0.5, 0.6) is 0 Å². The Hall–Kier alpha value is -2.27. The number of aryl methyl sites for hydroxylation is 1. The van der Waals surface area contributed by atoms with E-state index in [9.17, 15) is 9.59 Å². The summed E-state index contributed by atoms with van der Waals surface area (Å²) in [5.41, 5.74) is 2.31. The topological polar surface area (TPSA) is 40.6 Å². The molecule has 22 heavy (non-hydrogen) atoms. The highest BCUT2D eigenvalue weighted by atomic mass is 32.1. The highest BCUT2D eigenvalue weighted by Gasteiger charge is 2.36. The Morgan fingerprint density at radius 3 is 2.50 bits per heavy atom. The van der Waals surface area contributed by atoms with Gasteiger partial charge >= 0.3 is 0 Å². The lowest BCUT2D eigenvalue weighted by molar-refractivity contribution is -0.133. The molecule has 0 saturated carbocycles. The van der Waals surface area contributed by atoms with Crippen LogP contribution in [0.15, 0.2) is 42.0 Å². The van der Waals surface area contributed by atoms with Crippen molar-refractivity contribution in [3.63, 3.8) is 0 Å². The average molecular weight is 314 g/mol. The van der Waals surface area contributed by atoms with E-state index in [-0.39, 0.29) is 22.5 Å². The average Bonchev–Trinajstić information content (AvgIpc) is 2.51. The molecule has 4 nitrogen and oxygen atoms in total. The number of hydrogen-bond donors (Lipinski definition) is 0. The number of likely N-dealkylation sites (N-methyl/N-ethyl adjacent to an activating group) is 2. The molecule has 0 aromatic heterocycles. The molecular weight excluding hydrogens is 296 g/mol. The molecule has 1 aliphatic heterocycles. The van der Waals surface area contributed by atoms with E-state index in [0.29, 0.717) is 6.54 Å². The normalized spacial score (nSPS) is 18.0. The number of nitrogens with zero attached hydrogens (tertiary/aromatic N) is 2. The highest BCUT2D eigenvalue weighted by Crippen LogP contribution is 2.17. The summed E-state index contributed by atoms with van der Waals surface area (Å²) in [5, 5.41) is 0.248. The lowest BCUT2D eigenvalue weighted by Gasteiger charge is -2.33. The fourth-order valence-corrected chi connectivity index (χ4v) is 2.51. The van der Waals surface area contributed by atoms with Crippen LogP contribution in [0.1, 0.15) is 18.1 Å². The maximum Gasteiger partial charge on any atom is 0.265 e. The van der Waals surface area contributed by atoms with Gasteiger partial charge in [0.05, 0.1) is 0 Å². The minimum Gasteiger partial charge on any atom is -0.288 e. The van der Waals surface area contributed by atoms with Crippen LogP contribution in [0.4, 0.5) is 0 Å². The zero-order valence-corrected chi connectivity index (χ0v) is 13.7. The van der Waals surface area contributed by atoms with Gasteiger partial charge in [-0.1, -0.05) is 36.4 Å². The predicted octanol–water partition coefficient (Wildman–Crippen LogP) is 2.54. The Morgan fingerprint density at radius 2 is 1.86 bits per heavy atom. The number of allylic oxidation sites excluding steroid dienone is 2. The molecule has 1 aliphatic rings. The smallest absolute Gasteiger partial charge is 0.265 e. The van der Waals surface area contributed by atoms with Gasteiger partial charge in [-0.15, -0.1) is 0 Å². The summed E-state index contributed by atoms with van der Waals surface area (Å²) in [4.78, 5) is 27.3. The summed E-state index contributed by atoms with van der Waals surface area (Å²) in [6.07, 6.45) is 5.16. The van der Waals surface area contributed by atoms with E-state index < -0.39 is 0 Å². The molecule has 1 fully saturated rings. The second-order valence-corrected chi connectivity index (χ2v) is 5.36. The number of thiocarbonyl (C=S) groups is 1. The van der Waals surface area contributed by atoms with Gasteiger partial charge in [0.1, 0.15) is 5.57 Å². The molecule has 114 valence electrons. The van der Waals surface area contributed by atoms with Crippen molar-refractivity contribution < 1.29 is 9.59 Å². The molecule has 1 saturated heterocycles. The monoisotopic (exact) mass is 314 g/mol. The van der Waals surface area contributed by atoms with Gasteiger partial charge in [0.25, 0.3) is 11.8 Å². The Kier molecular flexibility index (Phi) is 4.88. The zero-order chi connectivity index (χ0) is 16.3. The molecule has 1 heterocycles. The largest absolute Gasteiger partial charge is 0.288 e. The SMILES string of the molecule is CCN1C(=O)/C(=C/C=C/c2ccccc2C)C(=O)N(C)C1=S. The van der Waals surface area contributed by atoms with Gasteiger partial charge in [-0.3, -0.25) is 19.4 Å². The Bertz CT molecular complexity index is 692. The third kappa shape index (κ3) is 2.99. The van der Waals surface area contributed by atoms with Crippen molar-refractivity contribution in [2.24, 2.45) is 0 Å². The molecule has 2 rings (SSSR count). The second-order valence-electron chi connectivity index (χ2n) is 4.99. The van der Waals surface area contributed by atoms with Crippen LogP contribution >= 0.6 is 12.2 Å². The van der Waals surface area contributed by atoms with Gasteiger partial charge < -0.3 is 0 Å². The van der Waals surface area contributed by atoms with Gasteiger partial charge in [0.2, 0.25) is 0 Å². The number of carbonyl (C=O) groups excluding carboxylic acids is 2. The zero-order valence-electron chi connectivity index (χ0n) is 12.9. The molecule has 0 radical (unpaired) electrons. The standard InChI is InChI=1S/C17H18N2O2S/c1-4-19-16(21)14(15(20)18(3)17(19)22)11-7-10-13-9-6-5-8-12(13)2/h5-11H,4H2,1-3H3/b10-7+,14-11+. The van der Waals surface area contributed by atoms with Crippen LogP contribution in [-0.2, 0) is 9.59 Å². The van der Waals surface area contributed by atoms with Gasteiger partial charge in [-0.05, 0) is 43.3 Å². The molecule has 1 aromatic carbocycles. The molecule has 0 atom stereocenters. The number of benzene rings is 1. The maximum absolute atomic E-state index is 12.3. The van der Waals surface area contributed by atoms with E-state index in [2.05, 4.69) is 0 Å². The number of amides is 2. The first kappa shape index (κ1) is 16.1. The van der Waals surface area contributed by atoms with Crippen molar-refractivity contribution in [1.29, 1.82) is 0 Å². The third-order valence-corrected chi connectivity index (χ3v) is 4.07. The lowest BCUT2D eigenvalue weighted by Crippen LogP contribution is -2.54. The van der Waals surface area contributed by atoms with Gasteiger partial charge in [-0.25, -0.2) is 0 Å². The van der Waals surface area contributed by atoms with Crippen LogP contribution in [-0.4, -0.2) is 40.3 Å². The van der Waals surface area contributed by atoms with E-state index in [1.54, 1.807) is 19.2 Å². The number of carbonyl (C=O) groups is 2. The van der Waals surface area contributed by atoms with Crippen LogP contribution in [0, 0.1) is 6.92 Å². The van der Waals surface area contributed by atoms with Crippen molar-refractivity contribution in [3.05, 3.63) is 53.1 Å². The second kappa shape index (κ2) is 6.66. The summed E-state index contributed by atoms with van der Waals surface area (Å²) < 4.78 is 0. The fraction of sp³-hybridized carbons (Fsp3) is 0.235. The molecule has 0 spiro atoms. The molecule has 0 aliphatic carbocycles. The van der Waals surface area contributed by atoms with Crippen LogP contribution in [0.25, 0.3) is 6.08 Å². The van der Waals surface area contributed by atoms with E-state index in [1.807, 2.05) is 44.2 Å². The van der Waals surface area contributed by atoms with Crippen molar-refractivity contribution >= 4 is 35.2 Å². The summed E-state index contributed by atoms with van der Waals surface area (Å²) in [6, 6.07) is 7.90. The van der Waals surface area contributed by atoms with E-state index >= 15 is 0 Å². The molecule has 0 N–H and O–H groups in total. The van der Waals surface area contributed by atoms with Crippen LogP contribution in [0.3, 0.4) is 0 Å². The molecule has 0 unspecified atom stereocenters. The van der Waals surface area contributed by atoms with Gasteiger partial charge in [0.15, 0.2) is 5.11 Å². The van der Waals surface area contributed by atoms with E-state index in [4.69, 9.17) is 12.2 Å².